The second-order valence-corrected chi connectivity index (χ2v) is 8.34. The third kappa shape index (κ3) is 4.06. The quantitative estimate of drug-likeness (QED) is 0.672. The predicted octanol–water partition coefficient (Wildman–Crippen LogP) is -1.39. The van der Waals surface area contributed by atoms with Gasteiger partial charge in [-0.05, 0) is 6.92 Å². The van der Waals surface area contributed by atoms with Gasteiger partial charge in [-0.15, -0.1) is 0 Å². The first kappa shape index (κ1) is 12.9. The lowest BCUT2D eigenvalue weighted by atomic mass is 10.3. The molecule has 1 atom stereocenters. The van der Waals surface area contributed by atoms with Crippen molar-refractivity contribution in [3.8, 4) is 0 Å². The molecule has 6 nitrogen and oxygen atoms in total. The summed E-state index contributed by atoms with van der Waals surface area (Å²) in [6.07, 6.45) is 0.927. The van der Waals surface area contributed by atoms with Gasteiger partial charge in [-0.3, -0.25) is 0 Å². The van der Waals surface area contributed by atoms with E-state index in [0.717, 1.165) is 6.26 Å². The second-order valence-electron chi connectivity index (χ2n) is 3.87. The van der Waals surface area contributed by atoms with Crippen LogP contribution >= 0.6 is 0 Å². The summed E-state index contributed by atoms with van der Waals surface area (Å²) < 4.78 is 46.5. The monoisotopic (exact) mass is 256 g/mol. The second kappa shape index (κ2) is 4.36. The molecule has 1 heterocycles. The van der Waals surface area contributed by atoms with Crippen LogP contribution in [0.2, 0.25) is 0 Å². The molecule has 0 radical (unpaired) electrons. The summed E-state index contributed by atoms with van der Waals surface area (Å²) >= 11 is 0. The molecule has 0 amide bonds. The van der Waals surface area contributed by atoms with E-state index in [4.69, 9.17) is 0 Å². The average molecular weight is 256 g/mol. The number of piperazine rings is 1. The Kier molecular flexibility index (Phi) is 3.75. The van der Waals surface area contributed by atoms with E-state index in [0.29, 0.717) is 19.6 Å². The number of sulfone groups is 1. The maximum Gasteiger partial charge on any atom is 0.228 e. The van der Waals surface area contributed by atoms with Crippen molar-refractivity contribution in [1.82, 2.24) is 9.62 Å². The van der Waals surface area contributed by atoms with E-state index >= 15 is 0 Å². The van der Waals surface area contributed by atoms with Crippen LogP contribution in [0.15, 0.2) is 0 Å². The highest BCUT2D eigenvalue weighted by molar-refractivity contribution is 8.06. The van der Waals surface area contributed by atoms with Crippen LogP contribution in [0.4, 0.5) is 0 Å². The van der Waals surface area contributed by atoms with Gasteiger partial charge in [0.2, 0.25) is 10.0 Å². The average Bonchev–Trinajstić information content (AvgIpc) is 1.99. The van der Waals surface area contributed by atoms with Gasteiger partial charge in [0.25, 0.3) is 0 Å². The molecular weight excluding hydrogens is 240 g/mol. The summed E-state index contributed by atoms with van der Waals surface area (Å²) in [5.74, 6) is 0. The molecule has 1 unspecified atom stereocenters. The van der Waals surface area contributed by atoms with E-state index in [-0.39, 0.29) is 6.04 Å². The summed E-state index contributed by atoms with van der Waals surface area (Å²) in [4.78, 5) is 0. The summed E-state index contributed by atoms with van der Waals surface area (Å²) in [6.45, 7) is 3.09. The number of nitrogens with one attached hydrogen (secondary N) is 1. The van der Waals surface area contributed by atoms with Crippen LogP contribution in [-0.2, 0) is 19.9 Å². The molecule has 90 valence electrons. The van der Waals surface area contributed by atoms with Crippen LogP contribution in [0.5, 0.6) is 0 Å². The molecule has 0 aromatic heterocycles. The molecule has 0 saturated carbocycles. The Morgan fingerprint density at radius 1 is 1.33 bits per heavy atom. The molecule has 1 fully saturated rings. The Labute approximate surface area is 90.6 Å². The number of sulfonamides is 1. The van der Waals surface area contributed by atoms with Gasteiger partial charge >= 0.3 is 0 Å². The molecule has 1 aliphatic rings. The van der Waals surface area contributed by atoms with Crippen molar-refractivity contribution in [1.29, 1.82) is 0 Å². The fourth-order valence-corrected chi connectivity index (χ4v) is 5.08. The molecule has 0 bridgehead atoms. The summed E-state index contributed by atoms with van der Waals surface area (Å²) in [7, 11) is -7.17. The Morgan fingerprint density at radius 3 is 2.40 bits per heavy atom. The Hall–Kier alpha value is -0.180. The number of nitrogens with zero attached hydrogens (tertiary/aromatic N) is 1. The molecule has 0 spiro atoms. The Morgan fingerprint density at radius 2 is 1.93 bits per heavy atom. The molecule has 0 aromatic rings. The highest BCUT2D eigenvalue weighted by Gasteiger charge is 2.29. The lowest BCUT2D eigenvalue weighted by Gasteiger charge is -2.30. The maximum absolute atomic E-state index is 11.7. The zero-order valence-electron chi connectivity index (χ0n) is 8.80. The van der Waals surface area contributed by atoms with Crippen molar-refractivity contribution in [3.05, 3.63) is 0 Å². The van der Waals surface area contributed by atoms with Crippen LogP contribution in [0.1, 0.15) is 6.92 Å². The molecular formula is C7H16N2O4S2. The van der Waals surface area contributed by atoms with Crippen LogP contribution in [-0.4, -0.2) is 58.2 Å². The van der Waals surface area contributed by atoms with Crippen LogP contribution in [0, 0.1) is 0 Å². The van der Waals surface area contributed by atoms with Crippen molar-refractivity contribution >= 4 is 19.9 Å². The van der Waals surface area contributed by atoms with E-state index in [9.17, 15) is 16.8 Å². The van der Waals surface area contributed by atoms with Gasteiger partial charge < -0.3 is 5.32 Å². The SMILES string of the molecule is CC1CN(S(=O)(=O)CS(C)(=O)=O)CCN1. The Balaban J connectivity index is 2.78. The van der Waals surface area contributed by atoms with E-state index in [1.807, 2.05) is 6.92 Å². The number of hydrogen-bond donors (Lipinski definition) is 1. The molecule has 1 rings (SSSR count). The van der Waals surface area contributed by atoms with Crippen LogP contribution in [0.25, 0.3) is 0 Å². The predicted molar refractivity (Wildman–Crippen MR) is 57.7 cm³/mol. The fraction of sp³-hybridized carbons (Fsp3) is 1.00. The Bertz CT molecular complexity index is 414. The molecule has 0 aromatic carbocycles. The first-order valence-corrected chi connectivity index (χ1v) is 8.26. The normalized spacial score (nSPS) is 25.3. The first-order valence-electron chi connectivity index (χ1n) is 4.60. The summed E-state index contributed by atoms with van der Waals surface area (Å²) in [5.41, 5.74) is 0. The summed E-state index contributed by atoms with van der Waals surface area (Å²) in [5, 5.41) is 2.29. The smallest absolute Gasteiger partial charge is 0.228 e. The zero-order valence-corrected chi connectivity index (χ0v) is 10.4. The molecule has 1 N–H and O–H groups in total. The molecule has 8 heteroatoms. The van der Waals surface area contributed by atoms with Gasteiger partial charge in [-0.1, -0.05) is 0 Å². The van der Waals surface area contributed by atoms with Gasteiger partial charge in [-0.25, -0.2) is 16.8 Å². The van der Waals surface area contributed by atoms with Crippen LogP contribution in [0.3, 0.4) is 0 Å². The molecule has 1 saturated heterocycles. The standard InChI is InChI=1S/C7H16N2O4S2/c1-7-5-9(4-3-8-7)15(12,13)6-14(2,10)11/h7-8H,3-6H2,1-2H3. The van der Waals surface area contributed by atoms with Gasteiger partial charge in [0.05, 0.1) is 0 Å². The van der Waals surface area contributed by atoms with Gasteiger partial charge in [0.15, 0.2) is 14.9 Å². The van der Waals surface area contributed by atoms with E-state index in [1.165, 1.54) is 4.31 Å². The molecule has 1 aliphatic heterocycles. The van der Waals surface area contributed by atoms with Crippen molar-refractivity contribution in [2.75, 3.05) is 31.0 Å². The fourth-order valence-electron chi connectivity index (χ4n) is 1.49. The van der Waals surface area contributed by atoms with Crippen molar-refractivity contribution in [2.45, 2.75) is 13.0 Å². The van der Waals surface area contributed by atoms with Crippen LogP contribution < -0.4 is 5.32 Å². The minimum atomic E-state index is -3.67. The van der Waals surface area contributed by atoms with E-state index in [2.05, 4.69) is 5.32 Å². The highest BCUT2D eigenvalue weighted by atomic mass is 32.3. The summed E-state index contributed by atoms with van der Waals surface area (Å²) in [6, 6.07) is 0.0630. The minimum Gasteiger partial charge on any atom is -0.312 e. The molecule has 0 aliphatic carbocycles. The zero-order chi connectivity index (χ0) is 11.7. The lowest BCUT2D eigenvalue weighted by molar-refractivity contribution is 0.311. The third-order valence-corrected chi connectivity index (χ3v) is 6.11. The van der Waals surface area contributed by atoms with E-state index in [1.54, 1.807) is 0 Å². The number of rotatable bonds is 3. The van der Waals surface area contributed by atoms with Crippen molar-refractivity contribution in [2.24, 2.45) is 0 Å². The van der Waals surface area contributed by atoms with Gasteiger partial charge in [0, 0.05) is 31.9 Å². The maximum atomic E-state index is 11.7. The topological polar surface area (TPSA) is 83.6 Å². The third-order valence-electron chi connectivity index (χ3n) is 2.09. The lowest BCUT2D eigenvalue weighted by Crippen LogP contribution is -2.52. The van der Waals surface area contributed by atoms with E-state index < -0.39 is 24.9 Å². The highest BCUT2D eigenvalue weighted by Crippen LogP contribution is 2.08. The first-order chi connectivity index (χ1) is 6.71. The van der Waals surface area contributed by atoms with Crippen molar-refractivity contribution in [3.63, 3.8) is 0 Å². The molecule has 15 heavy (non-hydrogen) atoms. The van der Waals surface area contributed by atoms with Gasteiger partial charge in [-0.2, -0.15) is 4.31 Å². The largest absolute Gasteiger partial charge is 0.312 e. The number of hydrogen-bond acceptors (Lipinski definition) is 5. The van der Waals surface area contributed by atoms with Crippen molar-refractivity contribution < 1.29 is 16.8 Å². The minimum absolute atomic E-state index is 0.0630. The van der Waals surface area contributed by atoms with Gasteiger partial charge in [0.1, 0.15) is 0 Å².